The topological polar surface area (TPSA) is 89.3 Å². The number of carbonyl (C=O) groups excluding carboxylic acids is 1. The van der Waals surface area contributed by atoms with E-state index in [4.69, 9.17) is 5.73 Å². The van der Waals surface area contributed by atoms with Gasteiger partial charge in [0.15, 0.2) is 9.84 Å². The van der Waals surface area contributed by atoms with E-state index in [2.05, 4.69) is 5.32 Å². The number of nitrogens with one attached hydrogen (secondary N) is 1. The lowest BCUT2D eigenvalue weighted by molar-refractivity contribution is -0.118. The van der Waals surface area contributed by atoms with E-state index in [1.54, 1.807) is 25.1 Å². The Balaban J connectivity index is 3.10. The molecule has 0 saturated carbocycles. The van der Waals surface area contributed by atoms with Gasteiger partial charge in [0.25, 0.3) is 0 Å². The number of hydrogen-bond donors (Lipinski definition) is 2. The number of para-hydroxylation sites is 1. The number of nitrogens with two attached hydrogens (primary N) is 1. The molecule has 3 N–H and O–H groups in total. The molecule has 0 aliphatic rings. The number of amides is 1. The van der Waals surface area contributed by atoms with Crippen LogP contribution >= 0.6 is 0 Å². The van der Waals surface area contributed by atoms with Gasteiger partial charge in [-0.15, -0.1) is 0 Å². The maximum Gasteiger partial charge on any atom is 0.239 e. The number of primary amides is 1. The molecule has 6 heteroatoms. The van der Waals surface area contributed by atoms with Crippen LogP contribution in [-0.2, 0) is 14.6 Å². The standard InChI is InChI=1S/C10H14N2O3S/c1-7(10(11)13)12-8-5-3-4-6-9(8)16(2,14)15/h3-7,12H,1-2H3,(H2,11,13). The molecule has 0 fully saturated rings. The van der Waals surface area contributed by atoms with Crippen LogP contribution < -0.4 is 11.1 Å². The van der Waals surface area contributed by atoms with Crippen molar-refractivity contribution in [1.82, 2.24) is 0 Å². The molecule has 0 saturated heterocycles. The molecule has 1 aromatic carbocycles. The van der Waals surface area contributed by atoms with Crippen LogP contribution in [-0.4, -0.2) is 26.6 Å². The first-order valence-corrected chi connectivity index (χ1v) is 6.56. The summed E-state index contributed by atoms with van der Waals surface area (Å²) < 4.78 is 22.9. The second-order valence-corrected chi connectivity index (χ2v) is 5.52. The van der Waals surface area contributed by atoms with Crippen LogP contribution in [0.4, 0.5) is 5.69 Å². The molecule has 88 valence electrons. The highest BCUT2D eigenvalue weighted by atomic mass is 32.2. The predicted octanol–water partition coefficient (Wildman–Crippen LogP) is 0.376. The summed E-state index contributed by atoms with van der Waals surface area (Å²) in [5, 5.41) is 2.76. The lowest BCUT2D eigenvalue weighted by Gasteiger charge is -2.14. The van der Waals surface area contributed by atoms with Gasteiger partial charge in [0.05, 0.1) is 10.6 Å². The van der Waals surface area contributed by atoms with E-state index >= 15 is 0 Å². The lowest BCUT2D eigenvalue weighted by Crippen LogP contribution is -2.32. The third-order valence-electron chi connectivity index (χ3n) is 2.09. The molecule has 5 nitrogen and oxygen atoms in total. The Morgan fingerprint density at radius 3 is 2.44 bits per heavy atom. The number of carbonyl (C=O) groups is 1. The van der Waals surface area contributed by atoms with Crippen molar-refractivity contribution in [2.24, 2.45) is 5.73 Å². The minimum Gasteiger partial charge on any atom is -0.373 e. The molecular weight excluding hydrogens is 228 g/mol. The van der Waals surface area contributed by atoms with Gasteiger partial charge in [0.2, 0.25) is 5.91 Å². The van der Waals surface area contributed by atoms with Crippen LogP contribution in [0.15, 0.2) is 29.2 Å². The first-order chi connectivity index (χ1) is 7.32. The fourth-order valence-electron chi connectivity index (χ4n) is 1.21. The van der Waals surface area contributed by atoms with Crippen LogP contribution in [0.2, 0.25) is 0 Å². The Morgan fingerprint density at radius 2 is 1.94 bits per heavy atom. The fraction of sp³-hybridized carbons (Fsp3) is 0.300. The molecular formula is C10H14N2O3S. The molecule has 1 unspecified atom stereocenters. The first-order valence-electron chi connectivity index (χ1n) is 4.67. The number of benzene rings is 1. The second kappa shape index (κ2) is 4.52. The largest absolute Gasteiger partial charge is 0.373 e. The SMILES string of the molecule is CC(Nc1ccccc1S(C)(=O)=O)C(N)=O. The average molecular weight is 242 g/mol. The highest BCUT2D eigenvalue weighted by Crippen LogP contribution is 2.21. The zero-order valence-electron chi connectivity index (χ0n) is 9.10. The highest BCUT2D eigenvalue weighted by molar-refractivity contribution is 7.90. The van der Waals surface area contributed by atoms with Gasteiger partial charge < -0.3 is 11.1 Å². The summed E-state index contributed by atoms with van der Waals surface area (Å²) in [6, 6.07) is 5.76. The summed E-state index contributed by atoms with van der Waals surface area (Å²) in [4.78, 5) is 11.0. The molecule has 1 atom stereocenters. The molecule has 16 heavy (non-hydrogen) atoms. The number of sulfone groups is 1. The zero-order valence-corrected chi connectivity index (χ0v) is 9.91. The minimum atomic E-state index is -3.32. The molecule has 1 rings (SSSR count). The number of rotatable bonds is 4. The number of anilines is 1. The molecule has 0 radical (unpaired) electrons. The van der Waals surface area contributed by atoms with Crippen LogP contribution in [0.1, 0.15) is 6.92 Å². The normalized spacial score (nSPS) is 13.1. The molecule has 0 aromatic heterocycles. The Kier molecular flexibility index (Phi) is 3.54. The Hall–Kier alpha value is -1.56. The zero-order chi connectivity index (χ0) is 12.3. The monoisotopic (exact) mass is 242 g/mol. The molecule has 0 aliphatic heterocycles. The van der Waals surface area contributed by atoms with Crippen molar-refractivity contribution in [2.75, 3.05) is 11.6 Å². The van der Waals surface area contributed by atoms with E-state index in [1.165, 1.54) is 6.07 Å². The Morgan fingerprint density at radius 1 is 1.38 bits per heavy atom. The molecule has 0 bridgehead atoms. The van der Waals surface area contributed by atoms with Crippen molar-refractivity contribution < 1.29 is 13.2 Å². The third-order valence-corrected chi connectivity index (χ3v) is 3.24. The van der Waals surface area contributed by atoms with Crippen molar-refractivity contribution >= 4 is 21.4 Å². The van der Waals surface area contributed by atoms with Gasteiger partial charge in [0, 0.05) is 6.26 Å². The van der Waals surface area contributed by atoms with Gasteiger partial charge in [-0.2, -0.15) is 0 Å². The van der Waals surface area contributed by atoms with Crippen molar-refractivity contribution in [3.05, 3.63) is 24.3 Å². The first kappa shape index (κ1) is 12.5. The van der Waals surface area contributed by atoms with Crippen LogP contribution in [0.5, 0.6) is 0 Å². The van der Waals surface area contributed by atoms with E-state index in [0.29, 0.717) is 5.69 Å². The van der Waals surface area contributed by atoms with Gasteiger partial charge in [0.1, 0.15) is 6.04 Å². The van der Waals surface area contributed by atoms with Gasteiger partial charge in [-0.25, -0.2) is 8.42 Å². The van der Waals surface area contributed by atoms with Crippen molar-refractivity contribution in [3.63, 3.8) is 0 Å². The van der Waals surface area contributed by atoms with Crippen LogP contribution in [0.25, 0.3) is 0 Å². The van der Waals surface area contributed by atoms with E-state index in [9.17, 15) is 13.2 Å². The summed E-state index contributed by atoms with van der Waals surface area (Å²) in [5.74, 6) is -0.539. The molecule has 1 aromatic rings. The minimum absolute atomic E-state index is 0.156. The molecule has 0 spiro atoms. The maximum atomic E-state index is 11.4. The summed E-state index contributed by atoms with van der Waals surface area (Å²) in [6.07, 6.45) is 1.11. The van der Waals surface area contributed by atoms with Crippen LogP contribution in [0.3, 0.4) is 0 Å². The van der Waals surface area contributed by atoms with Crippen molar-refractivity contribution in [1.29, 1.82) is 0 Å². The van der Waals surface area contributed by atoms with E-state index in [0.717, 1.165) is 6.26 Å². The number of hydrogen-bond acceptors (Lipinski definition) is 4. The predicted molar refractivity (Wildman–Crippen MR) is 61.8 cm³/mol. The summed E-state index contributed by atoms with van der Waals surface area (Å²) in [6.45, 7) is 1.57. The van der Waals surface area contributed by atoms with Gasteiger partial charge in [-0.05, 0) is 19.1 Å². The van der Waals surface area contributed by atoms with Crippen molar-refractivity contribution in [2.45, 2.75) is 17.9 Å². The van der Waals surface area contributed by atoms with E-state index < -0.39 is 21.8 Å². The van der Waals surface area contributed by atoms with Gasteiger partial charge in [-0.3, -0.25) is 4.79 Å². The van der Waals surface area contributed by atoms with E-state index in [1.807, 2.05) is 0 Å². The lowest BCUT2D eigenvalue weighted by atomic mass is 10.2. The van der Waals surface area contributed by atoms with Gasteiger partial charge >= 0.3 is 0 Å². The highest BCUT2D eigenvalue weighted by Gasteiger charge is 2.15. The molecule has 0 aliphatic carbocycles. The smallest absolute Gasteiger partial charge is 0.239 e. The molecule has 1 amide bonds. The Labute approximate surface area is 94.6 Å². The van der Waals surface area contributed by atoms with Gasteiger partial charge in [-0.1, -0.05) is 12.1 Å². The summed E-state index contributed by atoms with van der Waals surface area (Å²) in [7, 11) is -3.32. The van der Waals surface area contributed by atoms with E-state index in [-0.39, 0.29) is 4.90 Å². The quantitative estimate of drug-likeness (QED) is 0.798. The average Bonchev–Trinajstić information content (AvgIpc) is 2.16. The Bertz CT molecular complexity index is 497. The molecule has 0 heterocycles. The second-order valence-electron chi connectivity index (χ2n) is 3.54. The summed E-state index contributed by atoms with van der Waals surface area (Å²) in [5.41, 5.74) is 5.48. The fourth-order valence-corrected chi connectivity index (χ4v) is 2.07. The third kappa shape index (κ3) is 2.96. The summed E-state index contributed by atoms with van der Waals surface area (Å²) >= 11 is 0. The van der Waals surface area contributed by atoms with Crippen molar-refractivity contribution in [3.8, 4) is 0 Å². The van der Waals surface area contributed by atoms with Crippen LogP contribution in [0, 0.1) is 0 Å². The maximum absolute atomic E-state index is 11.4.